The fourth-order valence-corrected chi connectivity index (χ4v) is 2.82. The lowest BCUT2D eigenvalue weighted by Crippen LogP contribution is -1.87. The van der Waals surface area contributed by atoms with Crippen LogP contribution in [0.4, 0.5) is 0 Å². The van der Waals surface area contributed by atoms with E-state index in [1.807, 2.05) is 24.4 Å². The molecule has 0 unspecified atom stereocenters. The number of aromatic nitrogens is 3. The zero-order chi connectivity index (χ0) is 15.6. The van der Waals surface area contributed by atoms with E-state index in [-0.39, 0.29) is 0 Å². The zero-order valence-corrected chi connectivity index (χ0v) is 12.7. The molecular formula is C19H15N3O. The molecule has 0 aliphatic heterocycles. The minimum atomic E-state index is 0.860. The van der Waals surface area contributed by atoms with Crippen molar-refractivity contribution in [3.8, 4) is 28.1 Å². The first kappa shape index (κ1) is 13.5. The first-order valence-corrected chi connectivity index (χ1v) is 7.38. The van der Waals surface area contributed by atoms with Crippen LogP contribution in [0.15, 0.2) is 67.3 Å². The number of methoxy groups -OCH3 is 1. The van der Waals surface area contributed by atoms with Crippen molar-refractivity contribution in [1.29, 1.82) is 0 Å². The van der Waals surface area contributed by atoms with Crippen LogP contribution in [0.1, 0.15) is 0 Å². The molecular weight excluding hydrogens is 286 g/mol. The van der Waals surface area contributed by atoms with E-state index >= 15 is 0 Å². The van der Waals surface area contributed by atoms with E-state index in [0.29, 0.717) is 0 Å². The van der Waals surface area contributed by atoms with E-state index in [9.17, 15) is 0 Å². The van der Waals surface area contributed by atoms with Gasteiger partial charge in [-0.25, -0.2) is 0 Å². The van der Waals surface area contributed by atoms with Crippen LogP contribution in [0.3, 0.4) is 0 Å². The van der Waals surface area contributed by atoms with E-state index in [1.165, 1.54) is 0 Å². The molecule has 0 aliphatic carbocycles. The van der Waals surface area contributed by atoms with E-state index in [1.54, 1.807) is 25.7 Å². The number of para-hydroxylation sites is 1. The van der Waals surface area contributed by atoms with Crippen molar-refractivity contribution in [3.05, 3.63) is 67.3 Å². The van der Waals surface area contributed by atoms with Crippen LogP contribution in [0.25, 0.3) is 33.3 Å². The highest BCUT2D eigenvalue weighted by molar-refractivity contribution is 5.99. The number of ether oxygens (including phenoxy) is 1. The third-order valence-electron chi connectivity index (χ3n) is 3.94. The van der Waals surface area contributed by atoms with Gasteiger partial charge in [0.1, 0.15) is 5.75 Å². The Morgan fingerprint density at radius 2 is 1.91 bits per heavy atom. The van der Waals surface area contributed by atoms with Crippen molar-refractivity contribution in [3.63, 3.8) is 0 Å². The maximum atomic E-state index is 5.50. The van der Waals surface area contributed by atoms with Crippen LogP contribution >= 0.6 is 0 Å². The normalized spacial score (nSPS) is 10.8. The van der Waals surface area contributed by atoms with Crippen molar-refractivity contribution in [1.82, 2.24) is 15.0 Å². The Kier molecular flexibility index (Phi) is 3.27. The third kappa shape index (κ3) is 2.34. The van der Waals surface area contributed by atoms with Gasteiger partial charge in [0.2, 0.25) is 0 Å². The van der Waals surface area contributed by atoms with Gasteiger partial charge in [0.15, 0.2) is 0 Å². The molecule has 0 aliphatic rings. The number of nitrogens with zero attached hydrogens (tertiary/aromatic N) is 2. The number of aromatic amines is 1. The van der Waals surface area contributed by atoms with Crippen LogP contribution < -0.4 is 4.74 Å². The number of fused-ring (bicyclic) bond motifs is 1. The molecule has 4 nitrogen and oxygen atoms in total. The fourth-order valence-electron chi connectivity index (χ4n) is 2.82. The van der Waals surface area contributed by atoms with Gasteiger partial charge >= 0.3 is 0 Å². The molecule has 4 heteroatoms. The summed E-state index contributed by atoms with van der Waals surface area (Å²) >= 11 is 0. The lowest BCUT2D eigenvalue weighted by Gasteiger charge is -2.07. The molecule has 0 atom stereocenters. The van der Waals surface area contributed by atoms with Gasteiger partial charge in [-0.3, -0.25) is 9.97 Å². The van der Waals surface area contributed by atoms with Crippen molar-refractivity contribution >= 4 is 10.9 Å². The average molecular weight is 301 g/mol. The highest BCUT2D eigenvalue weighted by Gasteiger charge is 2.11. The van der Waals surface area contributed by atoms with Crippen molar-refractivity contribution < 1.29 is 4.74 Å². The Labute approximate surface area is 133 Å². The van der Waals surface area contributed by atoms with Crippen molar-refractivity contribution in [2.75, 3.05) is 7.11 Å². The second-order valence-corrected chi connectivity index (χ2v) is 5.25. The molecule has 0 spiro atoms. The minimum absolute atomic E-state index is 0.860. The number of hydrogen-bond acceptors (Lipinski definition) is 3. The molecule has 4 rings (SSSR count). The van der Waals surface area contributed by atoms with Gasteiger partial charge in [-0.2, -0.15) is 0 Å². The van der Waals surface area contributed by atoms with Gasteiger partial charge in [0.05, 0.1) is 19.0 Å². The summed E-state index contributed by atoms with van der Waals surface area (Å²) in [5.74, 6) is 0.860. The number of nitrogens with one attached hydrogen (secondary N) is 1. The Morgan fingerprint density at radius 1 is 1.00 bits per heavy atom. The number of rotatable bonds is 3. The molecule has 0 bridgehead atoms. The molecule has 0 radical (unpaired) electrons. The summed E-state index contributed by atoms with van der Waals surface area (Å²) in [6, 6.07) is 14.3. The summed E-state index contributed by atoms with van der Waals surface area (Å²) in [7, 11) is 1.69. The van der Waals surface area contributed by atoms with E-state index in [0.717, 1.165) is 39.0 Å². The first-order valence-electron chi connectivity index (χ1n) is 7.38. The number of H-pyrrole nitrogens is 1. The molecule has 1 N–H and O–H groups in total. The maximum absolute atomic E-state index is 5.50. The molecule has 4 aromatic rings. The van der Waals surface area contributed by atoms with Crippen molar-refractivity contribution in [2.45, 2.75) is 0 Å². The summed E-state index contributed by atoms with van der Waals surface area (Å²) in [6.07, 6.45) is 7.18. The van der Waals surface area contributed by atoms with Gasteiger partial charge in [0, 0.05) is 46.2 Å². The predicted octanol–water partition coefficient (Wildman–Crippen LogP) is 4.30. The van der Waals surface area contributed by atoms with E-state index in [2.05, 4.69) is 39.2 Å². The molecule has 23 heavy (non-hydrogen) atoms. The second kappa shape index (κ2) is 5.57. The fraction of sp³-hybridized carbons (Fsp3) is 0.0526. The molecule has 0 saturated carbocycles. The monoisotopic (exact) mass is 301 g/mol. The summed E-state index contributed by atoms with van der Waals surface area (Å²) in [6.45, 7) is 0. The molecule has 0 fully saturated rings. The predicted molar refractivity (Wildman–Crippen MR) is 91.3 cm³/mol. The molecule has 112 valence electrons. The average Bonchev–Trinajstić information content (AvgIpc) is 3.05. The smallest absolute Gasteiger partial charge is 0.126 e. The summed E-state index contributed by atoms with van der Waals surface area (Å²) < 4.78 is 5.50. The summed E-state index contributed by atoms with van der Waals surface area (Å²) in [5.41, 5.74) is 5.17. The largest absolute Gasteiger partial charge is 0.496 e. The molecule has 2 aromatic carbocycles. The highest BCUT2D eigenvalue weighted by Crippen LogP contribution is 2.36. The number of hydrogen-bond donors (Lipinski definition) is 1. The van der Waals surface area contributed by atoms with Crippen LogP contribution in [-0.4, -0.2) is 22.1 Å². The van der Waals surface area contributed by atoms with Gasteiger partial charge < -0.3 is 9.72 Å². The zero-order valence-electron chi connectivity index (χ0n) is 12.7. The van der Waals surface area contributed by atoms with Crippen LogP contribution in [-0.2, 0) is 0 Å². The van der Waals surface area contributed by atoms with Crippen LogP contribution in [0.5, 0.6) is 5.75 Å². The van der Waals surface area contributed by atoms with Crippen LogP contribution in [0.2, 0.25) is 0 Å². The van der Waals surface area contributed by atoms with E-state index in [4.69, 9.17) is 4.74 Å². The first-order chi connectivity index (χ1) is 11.4. The SMILES string of the molecule is COc1ccccc1-c1c[nH]c2ccc(-c3cnccn3)cc12. The molecule has 2 aromatic heterocycles. The Balaban J connectivity index is 1.92. The quantitative estimate of drug-likeness (QED) is 0.614. The lowest BCUT2D eigenvalue weighted by atomic mass is 10.0. The Hall–Kier alpha value is -3.14. The maximum Gasteiger partial charge on any atom is 0.126 e. The molecule has 0 saturated heterocycles. The third-order valence-corrected chi connectivity index (χ3v) is 3.94. The van der Waals surface area contributed by atoms with Gasteiger partial charge in [0.25, 0.3) is 0 Å². The van der Waals surface area contributed by atoms with Crippen molar-refractivity contribution in [2.24, 2.45) is 0 Å². The Bertz CT molecular complexity index is 961. The topological polar surface area (TPSA) is 50.8 Å². The second-order valence-electron chi connectivity index (χ2n) is 5.25. The van der Waals surface area contributed by atoms with Gasteiger partial charge in [-0.1, -0.05) is 24.3 Å². The van der Waals surface area contributed by atoms with Crippen LogP contribution in [0, 0.1) is 0 Å². The summed E-state index contributed by atoms with van der Waals surface area (Å²) in [5, 5.41) is 1.14. The number of benzene rings is 2. The Morgan fingerprint density at radius 3 is 2.74 bits per heavy atom. The highest BCUT2D eigenvalue weighted by atomic mass is 16.5. The van der Waals surface area contributed by atoms with Gasteiger partial charge in [-0.05, 0) is 18.2 Å². The van der Waals surface area contributed by atoms with E-state index < -0.39 is 0 Å². The molecule has 2 heterocycles. The summed E-state index contributed by atoms with van der Waals surface area (Å²) in [4.78, 5) is 11.9. The molecule has 0 amide bonds. The lowest BCUT2D eigenvalue weighted by molar-refractivity contribution is 0.416. The standard InChI is InChI=1S/C19H15N3O/c1-23-19-5-3-2-4-14(19)16-11-22-17-7-6-13(10-15(16)17)18-12-20-8-9-21-18/h2-12,22H,1H3. The van der Waals surface area contributed by atoms with Gasteiger partial charge in [-0.15, -0.1) is 0 Å². The minimum Gasteiger partial charge on any atom is -0.496 e.